The zero-order valence-electron chi connectivity index (χ0n) is 13.1. The number of aromatic hydroxyl groups is 1. The molecular weight excluding hydrogens is 333 g/mol. The fourth-order valence-corrected chi connectivity index (χ4v) is 2.68. The molecule has 0 atom stereocenters. The number of para-hydroxylation sites is 1. The lowest BCUT2D eigenvalue weighted by Gasteiger charge is -2.03. The highest BCUT2D eigenvalue weighted by atomic mass is 19.1. The Bertz CT molecular complexity index is 1060. The molecular formula is C19H18FN5O. The Morgan fingerprint density at radius 3 is 2.54 bits per heavy atom. The van der Waals surface area contributed by atoms with Crippen molar-refractivity contribution in [3.8, 4) is 17.3 Å². The van der Waals surface area contributed by atoms with Crippen molar-refractivity contribution >= 4 is 16.7 Å². The molecule has 0 saturated heterocycles. The largest absolute Gasteiger partial charge is 0.503 e. The van der Waals surface area contributed by atoms with E-state index in [1.54, 1.807) is 12.1 Å². The number of hydrogen-bond acceptors (Lipinski definition) is 5. The average Bonchev–Trinajstić information content (AvgIpc) is 2.98. The van der Waals surface area contributed by atoms with Crippen molar-refractivity contribution in [2.45, 2.75) is 14.0 Å². The maximum absolute atomic E-state index is 13.1. The predicted molar refractivity (Wildman–Crippen MR) is 99.1 cm³/mol. The van der Waals surface area contributed by atoms with Crippen LogP contribution in [0.25, 0.3) is 22.4 Å². The van der Waals surface area contributed by atoms with Crippen molar-refractivity contribution in [2.24, 2.45) is 0 Å². The highest BCUT2D eigenvalue weighted by Crippen LogP contribution is 2.28. The topological polar surface area (TPSA) is 89.9 Å². The lowest BCUT2D eigenvalue weighted by molar-refractivity contribution is 0.473. The Hall–Kier alpha value is -3.48. The van der Waals surface area contributed by atoms with Crippen LogP contribution in [0.5, 0.6) is 5.75 Å². The van der Waals surface area contributed by atoms with E-state index in [4.69, 9.17) is 5.73 Å². The summed E-state index contributed by atoms with van der Waals surface area (Å²) in [4.78, 5) is 8.24. The van der Waals surface area contributed by atoms with Gasteiger partial charge in [0, 0.05) is 5.39 Å². The Morgan fingerprint density at radius 2 is 1.81 bits per heavy atom. The van der Waals surface area contributed by atoms with Gasteiger partial charge in [0.25, 0.3) is 0 Å². The molecule has 0 amide bonds. The van der Waals surface area contributed by atoms with Gasteiger partial charge in [-0.25, -0.2) is 14.4 Å². The number of rotatable bonds is 3. The van der Waals surface area contributed by atoms with Crippen LogP contribution in [0.2, 0.25) is 0 Å². The van der Waals surface area contributed by atoms with E-state index in [0.29, 0.717) is 18.1 Å². The standard InChI is InChI=1S/C18H14FN5O.CH4/c19-12-7-5-11(6-8-12)10-24-14-4-2-1-3-13(14)16(23-24)18-21-9-15(25)17(20)22-18;/h1-9,25H,10H2,(H2,20,21,22);1H4. The normalized spacial score (nSPS) is 10.7. The first-order valence-electron chi connectivity index (χ1n) is 7.63. The van der Waals surface area contributed by atoms with Crippen LogP contribution in [0.1, 0.15) is 13.0 Å². The van der Waals surface area contributed by atoms with Crippen molar-refractivity contribution < 1.29 is 9.50 Å². The molecule has 0 aliphatic heterocycles. The van der Waals surface area contributed by atoms with E-state index in [2.05, 4.69) is 15.1 Å². The number of nitrogens with two attached hydrogens (primary N) is 1. The Morgan fingerprint density at radius 1 is 1.08 bits per heavy atom. The van der Waals surface area contributed by atoms with Crippen LogP contribution in [0, 0.1) is 5.82 Å². The number of fused-ring (bicyclic) bond motifs is 1. The van der Waals surface area contributed by atoms with E-state index in [-0.39, 0.29) is 24.8 Å². The minimum atomic E-state index is -0.275. The van der Waals surface area contributed by atoms with Gasteiger partial charge >= 0.3 is 0 Å². The number of hydrogen-bond donors (Lipinski definition) is 2. The number of halogens is 1. The van der Waals surface area contributed by atoms with Crippen LogP contribution in [0.15, 0.2) is 54.7 Å². The summed E-state index contributed by atoms with van der Waals surface area (Å²) < 4.78 is 14.9. The van der Waals surface area contributed by atoms with Gasteiger partial charge in [0.1, 0.15) is 11.5 Å². The highest BCUT2D eigenvalue weighted by molar-refractivity contribution is 5.91. The maximum Gasteiger partial charge on any atom is 0.182 e. The number of aromatic nitrogens is 4. The molecule has 2 aromatic carbocycles. The van der Waals surface area contributed by atoms with E-state index < -0.39 is 0 Å². The Kier molecular flexibility index (Phi) is 4.53. The second-order valence-corrected chi connectivity index (χ2v) is 5.61. The molecule has 4 aromatic rings. The molecule has 0 aliphatic rings. The van der Waals surface area contributed by atoms with Gasteiger partial charge in [-0.1, -0.05) is 37.8 Å². The molecule has 0 saturated carbocycles. The van der Waals surface area contributed by atoms with Crippen LogP contribution in [0.4, 0.5) is 10.2 Å². The first kappa shape index (κ1) is 17.3. The number of anilines is 1. The third-order valence-electron chi connectivity index (χ3n) is 3.91. The van der Waals surface area contributed by atoms with Crippen LogP contribution < -0.4 is 5.73 Å². The van der Waals surface area contributed by atoms with Gasteiger partial charge in [0.2, 0.25) is 0 Å². The smallest absolute Gasteiger partial charge is 0.182 e. The molecule has 2 heterocycles. The molecule has 4 rings (SSSR count). The fourth-order valence-electron chi connectivity index (χ4n) is 2.68. The Labute approximate surface area is 149 Å². The zero-order valence-corrected chi connectivity index (χ0v) is 13.1. The minimum absolute atomic E-state index is 0. The highest BCUT2D eigenvalue weighted by Gasteiger charge is 2.15. The second-order valence-electron chi connectivity index (χ2n) is 5.61. The molecule has 0 aliphatic carbocycles. The third-order valence-corrected chi connectivity index (χ3v) is 3.91. The van der Waals surface area contributed by atoms with Gasteiger partial charge in [-0.05, 0) is 23.8 Å². The van der Waals surface area contributed by atoms with Crippen molar-refractivity contribution in [1.82, 2.24) is 19.7 Å². The van der Waals surface area contributed by atoms with Crippen molar-refractivity contribution in [3.05, 3.63) is 66.1 Å². The van der Waals surface area contributed by atoms with Gasteiger partial charge in [-0.15, -0.1) is 0 Å². The molecule has 0 bridgehead atoms. The fraction of sp³-hybridized carbons (Fsp3) is 0.105. The maximum atomic E-state index is 13.1. The van der Waals surface area contributed by atoms with Gasteiger partial charge < -0.3 is 10.8 Å². The van der Waals surface area contributed by atoms with E-state index >= 15 is 0 Å². The summed E-state index contributed by atoms with van der Waals surface area (Å²) in [5, 5.41) is 15.0. The second kappa shape index (κ2) is 6.79. The lowest BCUT2D eigenvalue weighted by atomic mass is 10.2. The van der Waals surface area contributed by atoms with Crippen LogP contribution >= 0.6 is 0 Å². The van der Waals surface area contributed by atoms with Crippen molar-refractivity contribution in [3.63, 3.8) is 0 Å². The first-order valence-corrected chi connectivity index (χ1v) is 7.63. The summed E-state index contributed by atoms with van der Waals surface area (Å²) in [5.74, 6) is -0.104. The number of nitrogens with zero attached hydrogens (tertiary/aromatic N) is 4. The zero-order chi connectivity index (χ0) is 17.4. The third kappa shape index (κ3) is 3.06. The summed E-state index contributed by atoms with van der Waals surface area (Å²) in [5.41, 5.74) is 8.07. The van der Waals surface area contributed by atoms with Gasteiger partial charge in [0.05, 0.1) is 18.3 Å². The first-order chi connectivity index (χ1) is 12.1. The lowest BCUT2D eigenvalue weighted by Crippen LogP contribution is -2.02. The molecule has 132 valence electrons. The summed E-state index contributed by atoms with van der Waals surface area (Å²) in [6.07, 6.45) is 1.26. The van der Waals surface area contributed by atoms with E-state index in [0.717, 1.165) is 16.5 Å². The van der Waals surface area contributed by atoms with E-state index in [1.807, 2.05) is 28.9 Å². The van der Waals surface area contributed by atoms with Gasteiger partial charge in [-0.2, -0.15) is 5.10 Å². The number of nitrogen functional groups attached to an aromatic ring is 1. The van der Waals surface area contributed by atoms with Crippen LogP contribution in [-0.4, -0.2) is 24.9 Å². The molecule has 3 N–H and O–H groups in total. The number of benzene rings is 2. The summed E-state index contributed by atoms with van der Waals surface area (Å²) in [6.45, 7) is 0.481. The van der Waals surface area contributed by atoms with E-state index in [9.17, 15) is 9.50 Å². The Balaban J connectivity index is 0.00000196. The molecule has 2 aromatic heterocycles. The molecule has 0 radical (unpaired) electrons. The minimum Gasteiger partial charge on any atom is -0.503 e. The summed E-state index contributed by atoms with van der Waals surface area (Å²) in [6, 6.07) is 14.0. The quantitative estimate of drug-likeness (QED) is 0.588. The van der Waals surface area contributed by atoms with Gasteiger partial charge in [-0.3, -0.25) is 4.68 Å². The monoisotopic (exact) mass is 351 g/mol. The van der Waals surface area contributed by atoms with Crippen molar-refractivity contribution in [1.29, 1.82) is 0 Å². The molecule has 6 nitrogen and oxygen atoms in total. The summed E-state index contributed by atoms with van der Waals surface area (Å²) >= 11 is 0. The summed E-state index contributed by atoms with van der Waals surface area (Å²) in [7, 11) is 0. The van der Waals surface area contributed by atoms with Gasteiger partial charge in [0.15, 0.2) is 17.4 Å². The van der Waals surface area contributed by atoms with Crippen molar-refractivity contribution in [2.75, 3.05) is 5.73 Å². The predicted octanol–water partition coefficient (Wildman–Crippen LogP) is 3.60. The molecule has 0 fully saturated rings. The van der Waals surface area contributed by atoms with Crippen LogP contribution in [0.3, 0.4) is 0 Å². The SMILES string of the molecule is C.Nc1nc(-c2nn(Cc3ccc(F)cc3)c3ccccc23)ncc1O. The molecule has 0 unspecified atom stereocenters. The molecule has 0 spiro atoms. The van der Waals surface area contributed by atoms with Crippen LogP contribution in [-0.2, 0) is 6.54 Å². The molecule has 26 heavy (non-hydrogen) atoms. The molecule has 7 heteroatoms. The van der Waals surface area contributed by atoms with E-state index in [1.165, 1.54) is 18.3 Å². The average molecular weight is 351 g/mol.